The SMILES string of the molecule is COC(CCCNC(=O)Nc1cnns1)OC. The van der Waals surface area contributed by atoms with E-state index in [0.29, 0.717) is 11.5 Å². The standard InChI is InChI=1S/C9H16N4O3S/c1-15-8(16-2)4-3-5-10-9(14)12-7-6-11-13-17-7/h6,8H,3-5H2,1-2H3,(H2,10,12,14). The number of carbonyl (C=O) groups is 1. The van der Waals surface area contributed by atoms with Crippen LogP contribution in [0.2, 0.25) is 0 Å². The number of carbonyl (C=O) groups excluding carboxylic acids is 1. The van der Waals surface area contributed by atoms with Crippen molar-refractivity contribution in [2.75, 3.05) is 26.1 Å². The van der Waals surface area contributed by atoms with Crippen LogP contribution in [0, 0.1) is 0 Å². The van der Waals surface area contributed by atoms with Crippen molar-refractivity contribution in [1.29, 1.82) is 0 Å². The molecular formula is C9H16N4O3S. The van der Waals surface area contributed by atoms with Gasteiger partial charge < -0.3 is 14.8 Å². The zero-order valence-corrected chi connectivity index (χ0v) is 10.6. The van der Waals surface area contributed by atoms with E-state index >= 15 is 0 Å². The van der Waals surface area contributed by atoms with Gasteiger partial charge in [0.25, 0.3) is 0 Å². The largest absolute Gasteiger partial charge is 0.356 e. The number of nitrogens with one attached hydrogen (secondary N) is 2. The van der Waals surface area contributed by atoms with E-state index in [9.17, 15) is 4.79 Å². The van der Waals surface area contributed by atoms with Gasteiger partial charge in [-0.25, -0.2) is 4.79 Å². The van der Waals surface area contributed by atoms with Crippen molar-refractivity contribution in [1.82, 2.24) is 14.9 Å². The summed E-state index contributed by atoms with van der Waals surface area (Å²) in [6, 6.07) is -0.262. The van der Waals surface area contributed by atoms with Crippen molar-refractivity contribution >= 4 is 22.6 Å². The molecule has 1 rings (SSSR count). The first-order valence-corrected chi connectivity index (χ1v) is 5.91. The van der Waals surface area contributed by atoms with Crippen LogP contribution < -0.4 is 10.6 Å². The summed E-state index contributed by atoms with van der Waals surface area (Å²) < 4.78 is 13.7. The molecule has 1 heterocycles. The lowest BCUT2D eigenvalue weighted by molar-refractivity contribution is -0.106. The molecule has 96 valence electrons. The average Bonchev–Trinajstić information content (AvgIpc) is 2.82. The van der Waals surface area contributed by atoms with Crippen molar-refractivity contribution < 1.29 is 14.3 Å². The molecule has 0 aromatic carbocycles. The third-order valence-corrected chi connectivity index (χ3v) is 2.61. The average molecular weight is 260 g/mol. The number of amides is 2. The van der Waals surface area contributed by atoms with Crippen LogP contribution in [0.3, 0.4) is 0 Å². The van der Waals surface area contributed by atoms with Crippen LogP contribution in [-0.4, -0.2) is 42.7 Å². The van der Waals surface area contributed by atoms with Crippen LogP contribution in [0.25, 0.3) is 0 Å². The van der Waals surface area contributed by atoms with Gasteiger partial charge in [-0.2, -0.15) is 0 Å². The van der Waals surface area contributed by atoms with Crippen LogP contribution in [0.5, 0.6) is 0 Å². The Kier molecular flexibility index (Phi) is 6.45. The fraction of sp³-hybridized carbons (Fsp3) is 0.667. The van der Waals surface area contributed by atoms with E-state index in [1.807, 2.05) is 0 Å². The Morgan fingerprint density at radius 3 is 2.88 bits per heavy atom. The van der Waals surface area contributed by atoms with Gasteiger partial charge in [0.1, 0.15) is 5.00 Å². The first-order valence-electron chi connectivity index (χ1n) is 5.14. The highest BCUT2D eigenvalue weighted by atomic mass is 32.1. The fourth-order valence-corrected chi connectivity index (χ4v) is 1.60. The Balaban J connectivity index is 2.08. The maximum Gasteiger partial charge on any atom is 0.319 e. The molecule has 2 amide bonds. The van der Waals surface area contributed by atoms with Gasteiger partial charge >= 0.3 is 6.03 Å². The molecule has 0 spiro atoms. The highest BCUT2D eigenvalue weighted by Crippen LogP contribution is 2.08. The second-order valence-electron chi connectivity index (χ2n) is 3.21. The predicted molar refractivity (Wildman–Crippen MR) is 64.0 cm³/mol. The summed E-state index contributed by atoms with van der Waals surface area (Å²) in [7, 11) is 3.18. The van der Waals surface area contributed by atoms with E-state index in [1.54, 1.807) is 14.2 Å². The van der Waals surface area contributed by atoms with Gasteiger partial charge in [0.2, 0.25) is 0 Å². The normalized spacial score (nSPS) is 10.5. The molecule has 0 saturated carbocycles. The van der Waals surface area contributed by atoms with E-state index in [1.165, 1.54) is 6.20 Å². The van der Waals surface area contributed by atoms with Gasteiger partial charge in [-0.05, 0) is 6.42 Å². The maximum atomic E-state index is 11.4. The molecule has 8 heteroatoms. The zero-order valence-electron chi connectivity index (χ0n) is 9.80. The Morgan fingerprint density at radius 1 is 1.53 bits per heavy atom. The lowest BCUT2D eigenvalue weighted by Gasteiger charge is -2.12. The molecule has 0 bridgehead atoms. The summed E-state index contributed by atoms with van der Waals surface area (Å²) >= 11 is 1.13. The third-order valence-electron chi connectivity index (χ3n) is 2.03. The van der Waals surface area contributed by atoms with Crippen molar-refractivity contribution in [3.05, 3.63) is 6.20 Å². The summed E-state index contributed by atoms with van der Waals surface area (Å²) in [4.78, 5) is 11.4. The Hall–Kier alpha value is -1.25. The smallest absolute Gasteiger partial charge is 0.319 e. The van der Waals surface area contributed by atoms with Gasteiger partial charge in [-0.1, -0.05) is 4.49 Å². The quantitative estimate of drug-likeness (QED) is 0.565. The minimum atomic E-state index is -0.262. The second-order valence-corrected chi connectivity index (χ2v) is 3.99. The summed E-state index contributed by atoms with van der Waals surface area (Å²) in [5.41, 5.74) is 0. The summed E-state index contributed by atoms with van der Waals surface area (Å²) in [6.07, 6.45) is 2.79. The van der Waals surface area contributed by atoms with E-state index in [4.69, 9.17) is 9.47 Å². The minimum Gasteiger partial charge on any atom is -0.356 e. The molecule has 0 fully saturated rings. The van der Waals surface area contributed by atoms with Crippen LogP contribution in [-0.2, 0) is 9.47 Å². The molecule has 1 aromatic heterocycles. The van der Waals surface area contributed by atoms with Crippen molar-refractivity contribution in [3.8, 4) is 0 Å². The number of nitrogens with zero attached hydrogens (tertiary/aromatic N) is 2. The number of anilines is 1. The van der Waals surface area contributed by atoms with E-state index in [2.05, 4.69) is 20.2 Å². The van der Waals surface area contributed by atoms with Crippen LogP contribution >= 0.6 is 11.5 Å². The van der Waals surface area contributed by atoms with Gasteiger partial charge in [0.05, 0.1) is 6.20 Å². The molecule has 0 saturated heterocycles. The van der Waals surface area contributed by atoms with Gasteiger partial charge in [-0.15, -0.1) is 5.10 Å². The van der Waals surface area contributed by atoms with Gasteiger partial charge in [0.15, 0.2) is 6.29 Å². The number of urea groups is 1. The summed E-state index contributed by atoms with van der Waals surface area (Å²) in [5.74, 6) is 0. The lowest BCUT2D eigenvalue weighted by atomic mass is 10.3. The molecule has 0 aliphatic rings. The highest BCUT2D eigenvalue weighted by Gasteiger charge is 2.06. The molecule has 0 atom stereocenters. The Labute approximate surface area is 104 Å². The first-order chi connectivity index (χ1) is 8.26. The number of aromatic nitrogens is 2. The molecule has 17 heavy (non-hydrogen) atoms. The van der Waals surface area contributed by atoms with Gasteiger partial charge in [0, 0.05) is 38.7 Å². The van der Waals surface area contributed by atoms with Crippen LogP contribution in [0.15, 0.2) is 6.20 Å². The zero-order chi connectivity index (χ0) is 12.5. The molecule has 0 unspecified atom stereocenters. The highest BCUT2D eigenvalue weighted by molar-refractivity contribution is 7.10. The number of methoxy groups -OCH3 is 2. The maximum absolute atomic E-state index is 11.4. The molecule has 0 radical (unpaired) electrons. The van der Waals surface area contributed by atoms with Crippen molar-refractivity contribution in [2.24, 2.45) is 0 Å². The molecule has 2 N–H and O–H groups in total. The second kappa shape index (κ2) is 7.93. The monoisotopic (exact) mass is 260 g/mol. The van der Waals surface area contributed by atoms with E-state index < -0.39 is 0 Å². The van der Waals surface area contributed by atoms with Gasteiger partial charge in [-0.3, -0.25) is 5.32 Å². The lowest BCUT2D eigenvalue weighted by Crippen LogP contribution is -2.29. The molecule has 7 nitrogen and oxygen atoms in total. The van der Waals surface area contributed by atoms with Crippen molar-refractivity contribution in [2.45, 2.75) is 19.1 Å². The molecule has 0 aliphatic heterocycles. The fourth-order valence-electron chi connectivity index (χ4n) is 1.18. The van der Waals surface area contributed by atoms with Crippen molar-refractivity contribution in [3.63, 3.8) is 0 Å². The predicted octanol–water partition coefficient (Wildman–Crippen LogP) is 1.06. The molecule has 0 aliphatic carbocycles. The number of rotatable bonds is 7. The first kappa shape index (κ1) is 13.8. The number of hydrogen-bond acceptors (Lipinski definition) is 6. The van der Waals surface area contributed by atoms with E-state index in [-0.39, 0.29) is 12.3 Å². The number of hydrogen-bond donors (Lipinski definition) is 2. The number of ether oxygens (including phenoxy) is 2. The minimum absolute atomic E-state index is 0.217. The molecule has 1 aromatic rings. The Bertz CT molecular complexity index is 316. The summed E-state index contributed by atoms with van der Waals surface area (Å²) in [5, 5.41) is 9.56. The van der Waals surface area contributed by atoms with E-state index in [0.717, 1.165) is 24.4 Å². The molecular weight excluding hydrogens is 244 g/mol. The Morgan fingerprint density at radius 2 is 2.29 bits per heavy atom. The summed E-state index contributed by atoms with van der Waals surface area (Å²) in [6.45, 7) is 0.557. The van der Waals surface area contributed by atoms with Crippen LogP contribution in [0.4, 0.5) is 9.80 Å². The third kappa shape index (κ3) is 5.57. The topological polar surface area (TPSA) is 85.4 Å². The van der Waals surface area contributed by atoms with Crippen LogP contribution in [0.1, 0.15) is 12.8 Å².